The predicted octanol–water partition coefficient (Wildman–Crippen LogP) is 4.31. The largest absolute Gasteiger partial charge is 0.294 e. The molecule has 0 saturated carbocycles. The first kappa shape index (κ1) is 12.4. The van der Waals surface area contributed by atoms with Gasteiger partial charge in [-0.25, -0.2) is 0 Å². The number of fused-ring (bicyclic) bond motifs is 1. The zero-order valence-corrected chi connectivity index (χ0v) is 9.03. The molecule has 0 amide bonds. The maximum atomic E-state index is 11.8. The summed E-state index contributed by atoms with van der Waals surface area (Å²) in [5, 5.41) is 2.31. The lowest BCUT2D eigenvalue weighted by Crippen LogP contribution is -2.06. The Morgan fingerprint density at radius 3 is 2.25 bits per heavy atom. The molecule has 0 atom stereocenters. The minimum Gasteiger partial charge on any atom is -0.294 e. The first-order valence-corrected chi connectivity index (χ1v) is 5.21. The van der Waals surface area contributed by atoms with E-state index < -0.39 is 0 Å². The van der Waals surface area contributed by atoms with Crippen molar-refractivity contribution in [2.24, 2.45) is 5.92 Å². The molecule has 0 aliphatic rings. The first-order chi connectivity index (χ1) is 7.18. The molecule has 84 valence electrons. The molecule has 0 unspecified atom stereocenters. The summed E-state index contributed by atoms with van der Waals surface area (Å²) in [5.41, 5.74) is 0.809. The fourth-order valence-corrected chi connectivity index (χ4v) is 1.68. The van der Waals surface area contributed by atoms with Crippen molar-refractivity contribution in [3.63, 3.8) is 0 Å². The standard InChI is InChI=1S/C14H14O.CH4/c1-10(2)14(15)13-8-7-11-5-3-4-6-12(11)9-13;/h3-10H,1-2H3;1H4. The molecular weight excluding hydrogens is 196 g/mol. The third kappa shape index (κ3) is 2.30. The van der Waals surface area contributed by atoms with Gasteiger partial charge in [-0.3, -0.25) is 4.79 Å². The van der Waals surface area contributed by atoms with E-state index in [1.54, 1.807) is 0 Å². The van der Waals surface area contributed by atoms with Gasteiger partial charge >= 0.3 is 0 Å². The number of hydrogen-bond donors (Lipinski definition) is 0. The average Bonchev–Trinajstić information content (AvgIpc) is 2.27. The van der Waals surface area contributed by atoms with Crippen LogP contribution in [0.1, 0.15) is 31.6 Å². The maximum Gasteiger partial charge on any atom is 0.165 e. The molecule has 0 bridgehead atoms. The van der Waals surface area contributed by atoms with Crippen molar-refractivity contribution >= 4 is 16.6 Å². The highest BCUT2D eigenvalue weighted by molar-refractivity contribution is 6.00. The van der Waals surface area contributed by atoms with Crippen molar-refractivity contribution in [1.82, 2.24) is 0 Å². The van der Waals surface area contributed by atoms with Crippen LogP contribution in [0.2, 0.25) is 0 Å². The summed E-state index contributed by atoms with van der Waals surface area (Å²) in [6.07, 6.45) is 0. The fourth-order valence-electron chi connectivity index (χ4n) is 1.68. The Morgan fingerprint density at radius 2 is 1.62 bits per heavy atom. The van der Waals surface area contributed by atoms with E-state index in [4.69, 9.17) is 0 Å². The molecule has 16 heavy (non-hydrogen) atoms. The summed E-state index contributed by atoms with van der Waals surface area (Å²) in [4.78, 5) is 11.8. The van der Waals surface area contributed by atoms with Crippen molar-refractivity contribution in [3.8, 4) is 0 Å². The topological polar surface area (TPSA) is 17.1 Å². The highest BCUT2D eigenvalue weighted by Gasteiger charge is 2.10. The summed E-state index contributed by atoms with van der Waals surface area (Å²) < 4.78 is 0. The molecular formula is C15H18O. The summed E-state index contributed by atoms with van der Waals surface area (Å²) in [5.74, 6) is 0.270. The normalized spacial score (nSPS) is 10.2. The van der Waals surface area contributed by atoms with E-state index in [2.05, 4.69) is 6.07 Å². The van der Waals surface area contributed by atoms with Gasteiger partial charge in [0.25, 0.3) is 0 Å². The lowest BCUT2D eigenvalue weighted by Gasteiger charge is -2.05. The van der Waals surface area contributed by atoms with Crippen LogP contribution in [0.5, 0.6) is 0 Å². The third-order valence-corrected chi connectivity index (χ3v) is 2.56. The molecule has 2 rings (SSSR count). The first-order valence-electron chi connectivity index (χ1n) is 5.21. The van der Waals surface area contributed by atoms with E-state index in [1.807, 2.05) is 50.2 Å². The molecule has 1 heteroatoms. The number of Topliss-reactive ketones (excluding diaryl/α,β-unsaturated/α-hetero) is 1. The molecule has 0 heterocycles. The number of hydrogen-bond acceptors (Lipinski definition) is 1. The van der Waals surface area contributed by atoms with Gasteiger partial charge in [-0.1, -0.05) is 57.7 Å². The maximum absolute atomic E-state index is 11.8. The smallest absolute Gasteiger partial charge is 0.165 e. The fraction of sp³-hybridized carbons (Fsp3) is 0.267. The van der Waals surface area contributed by atoms with Gasteiger partial charge < -0.3 is 0 Å². The van der Waals surface area contributed by atoms with Crippen LogP contribution in [0.3, 0.4) is 0 Å². The number of rotatable bonds is 2. The molecule has 0 aliphatic heterocycles. The van der Waals surface area contributed by atoms with Crippen molar-refractivity contribution in [3.05, 3.63) is 48.0 Å². The van der Waals surface area contributed by atoms with E-state index in [9.17, 15) is 4.79 Å². The second kappa shape index (κ2) is 4.93. The lowest BCUT2D eigenvalue weighted by molar-refractivity contribution is 0.0939. The predicted molar refractivity (Wildman–Crippen MR) is 69.8 cm³/mol. The van der Waals surface area contributed by atoms with E-state index in [0.29, 0.717) is 0 Å². The quantitative estimate of drug-likeness (QED) is 0.681. The Balaban J connectivity index is 0.00000128. The molecule has 0 spiro atoms. The summed E-state index contributed by atoms with van der Waals surface area (Å²) in [7, 11) is 0. The number of carbonyl (C=O) groups is 1. The molecule has 0 aromatic heterocycles. The molecule has 2 aromatic rings. The second-order valence-corrected chi connectivity index (χ2v) is 4.08. The number of ketones is 1. The third-order valence-electron chi connectivity index (χ3n) is 2.56. The van der Waals surface area contributed by atoms with Crippen molar-refractivity contribution in [2.45, 2.75) is 21.3 Å². The van der Waals surface area contributed by atoms with Crippen molar-refractivity contribution in [1.29, 1.82) is 0 Å². The number of benzene rings is 2. The Labute approximate surface area is 97.1 Å². The summed E-state index contributed by atoms with van der Waals surface area (Å²) in [6.45, 7) is 3.86. The second-order valence-electron chi connectivity index (χ2n) is 4.08. The molecule has 2 aromatic carbocycles. The van der Waals surface area contributed by atoms with Gasteiger partial charge in [0.1, 0.15) is 0 Å². The van der Waals surface area contributed by atoms with Crippen LogP contribution in [-0.2, 0) is 0 Å². The molecule has 0 radical (unpaired) electrons. The Morgan fingerprint density at radius 1 is 1.00 bits per heavy atom. The molecule has 0 N–H and O–H groups in total. The van der Waals surface area contributed by atoms with Gasteiger partial charge in [0.15, 0.2) is 5.78 Å². The van der Waals surface area contributed by atoms with Crippen LogP contribution >= 0.6 is 0 Å². The van der Waals surface area contributed by atoms with E-state index in [0.717, 1.165) is 10.9 Å². The monoisotopic (exact) mass is 214 g/mol. The zero-order valence-electron chi connectivity index (χ0n) is 9.03. The zero-order chi connectivity index (χ0) is 10.8. The SMILES string of the molecule is C.CC(C)C(=O)c1ccc2ccccc2c1. The Kier molecular flexibility index (Phi) is 3.83. The van der Waals surface area contributed by atoms with E-state index in [-0.39, 0.29) is 19.1 Å². The molecule has 0 saturated heterocycles. The average molecular weight is 214 g/mol. The van der Waals surface area contributed by atoms with Crippen molar-refractivity contribution in [2.75, 3.05) is 0 Å². The van der Waals surface area contributed by atoms with Gasteiger partial charge in [0.05, 0.1) is 0 Å². The van der Waals surface area contributed by atoms with Gasteiger partial charge in [-0.15, -0.1) is 0 Å². The van der Waals surface area contributed by atoms with Gasteiger partial charge in [0, 0.05) is 11.5 Å². The lowest BCUT2D eigenvalue weighted by atomic mass is 9.98. The van der Waals surface area contributed by atoms with Gasteiger partial charge in [-0.2, -0.15) is 0 Å². The van der Waals surface area contributed by atoms with Crippen LogP contribution in [0.15, 0.2) is 42.5 Å². The summed E-state index contributed by atoms with van der Waals surface area (Å²) in [6, 6.07) is 14.0. The molecule has 1 nitrogen and oxygen atoms in total. The van der Waals surface area contributed by atoms with Crippen LogP contribution in [0.4, 0.5) is 0 Å². The minimum absolute atomic E-state index is 0. The summed E-state index contributed by atoms with van der Waals surface area (Å²) >= 11 is 0. The van der Waals surface area contributed by atoms with Crippen LogP contribution < -0.4 is 0 Å². The van der Waals surface area contributed by atoms with Gasteiger partial charge in [0.2, 0.25) is 0 Å². The Hall–Kier alpha value is -1.63. The molecule has 0 aliphatic carbocycles. The Bertz CT molecular complexity index is 498. The molecule has 0 fully saturated rings. The highest BCUT2D eigenvalue weighted by Crippen LogP contribution is 2.17. The van der Waals surface area contributed by atoms with Crippen LogP contribution in [0.25, 0.3) is 10.8 Å². The minimum atomic E-state index is 0. The van der Waals surface area contributed by atoms with Gasteiger partial charge in [-0.05, 0) is 16.8 Å². The van der Waals surface area contributed by atoms with E-state index >= 15 is 0 Å². The number of carbonyl (C=O) groups excluding carboxylic acids is 1. The van der Waals surface area contributed by atoms with Crippen LogP contribution in [0, 0.1) is 5.92 Å². The van der Waals surface area contributed by atoms with Crippen LogP contribution in [-0.4, -0.2) is 5.78 Å². The highest BCUT2D eigenvalue weighted by atomic mass is 16.1. The van der Waals surface area contributed by atoms with Crippen molar-refractivity contribution < 1.29 is 4.79 Å². The van der Waals surface area contributed by atoms with E-state index in [1.165, 1.54) is 5.39 Å².